The van der Waals surface area contributed by atoms with Crippen LogP contribution in [0.5, 0.6) is 0 Å². The predicted octanol–water partition coefficient (Wildman–Crippen LogP) is 0.895. The molecule has 0 aromatic rings. The number of rotatable bonds is 8. The summed E-state index contributed by atoms with van der Waals surface area (Å²) < 4.78 is 10.5. The summed E-state index contributed by atoms with van der Waals surface area (Å²) in [6.45, 7) is 4.21. The Bertz CT molecular complexity index is 287. The van der Waals surface area contributed by atoms with Crippen molar-refractivity contribution in [3.05, 3.63) is 0 Å². The van der Waals surface area contributed by atoms with Crippen LogP contribution in [0.3, 0.4) is 0 Å². The Morgan fingerprint density at radius 2 is 1.95 bits per heavy atom. The molecule has 0 atom stereocenters. The molecule has 1 heterocycles. The normalized spacial score (nSPS) is 16.6. The fourth-order valence-electron chi connectivity index (χ4n) is 2.02. The first kappa shape index (κ1) is 15.9. The maximum atomic E-state index is 11.8. The molecule has 1 aliphatic rings. The monoisotopic (exact) mass is 273 g/mol. The van der Waals surface area contributed by atoms with Crippen molar-refractivity contribution in [3.8, 4) is 0 Å². The third kappa shape index (κ3) is 6.54. The molecule has 1 rings (SSSR count). The Hall–Kier alpha value is -1.14. The molecule has 6 nitrogen and oxygen atoms in total. The second-order valence-electron chi connectivity index (χ2n) is 4.65. The van der Waals surface area contributed by atoms with E-state index in [1.54, 1.807) is 4.90 Å². The first-order chi connectivity index (χ1) is 9.13. The number of ether oxygens (including phenoxy) is 2. The van der Waals surface area contributed by atoms with Gasteiger partial charge in [-0.1, -0.05) is 6.92 Å². The first-order valence-corrected chi connectivity index (χ1v) is 6.82. The van der Waals surface area contributed by atoms with Gasteiger partial charge in [0.2, 0.25) is 5.91 Å². The highest BCUT2D eigenvalue weighted by molar-refractivity contribution is 5.76. The molecule has 1 N–H and O–H groups in total. The van der Waals surface area contributed by atoms with Crippen molar-refractivity contribution in [2.45, 2.75) is 38.7 Å². The third-order valence-corrected chi connectivity index (χ3v) is 3.05. The number of likely N-dealkylation sites (tertiary alicyclic amines) is 1. The Kier molecular flexibility index (Phi) is 7.43. The maximum absolute atomic E-state index is 11.8. The zero-order valence-electron chi connectivity index (χ0n) is 11.5. The number of amides is 1. The Balaban J connectivity index is 2.14. The van der Waals surface area contributed by atoms with Crippen LogP contribution in [0.1, 0.15) is 32.6 Å². The second kappa shape index (κ2) is 8.87. The van der Waals surface area contributed by atoms with E-state index < -0.39 is 5.97 Å². The van der Waals surface area contributed by atoms with Crippen molar-refractivity contribution in [2.24, 2.45) is 0 Å². The summed E-state index contributed by atoms with van der Waals surface area (Å²) in [6.07, 6.45) is 2.74. The number of piperidine rings is 1. The molecule has 6 heteroatoms. The molecule has 19 heavy (non-hydrogen) atoms. The van der Waals surface area contributed by atoms with E-state index in [1.807, 2.05) is 6.92 Å². The molecule has 1 aliphatic heterocycles. The van der Waals surface area contributed by atoms with Crippen molar-refractivity contribution in [1.29, 1.82) is 0 Å². The van der Waals surface area contributed by atoms with Gasteiger partial charge in [-0.2, -0.15) is 0 Å². The SMILES string of the molecule is CCCOCCC(=O)N1CCC(OCC(=O)O)CC1. The molecule has 1 fully saturated rings. The Morgan fingerprint density at radius 1 is 1.26 bits per heavy atom. The molecular weight excluding hydrogens is 250 g/mol. The topological polar surface area (TPSA) is 76.1 Å². The van der Waals surface area contributed by atoms with E-state index in [-0.39, 0.29) is 18.6 Å². The van der Waals surface area contributed by atoms with Crippen molar-refractivity contribution >= 4 is 11.9 Å². The number of carbonyl (C=O) groups is 2. The zero-order valence-corrected chi connectivity index (χ0v) is 11.5. The van der Waals surface area contributed by atoms with Crippen molar-refractivity contribution in [2.75, 3.05) is 32.9 Å². The molecular formula is C13H23NO5. The summed E-state index contributed by atoms with van der Waals surface area (Å²) in [5, 5.41) is 8.52. The molecule has 0 saturated carbocycles. The maximum Gasteiger partial charge on any atom is 0.329 e. The molecule has 0 aromatic carbocycles. The van der Waals surface area contributed by atoms with Crippen LogP contribution in [0.15, 0.2) is 0 Å². The fourth-order valence-corrected chi connectivity index (χ4v) is 2.02. The Morgan fingerprint density at radius 3 is 2.53 bits per heavy atom. The van der Waals surface area contributed by atoms with Gasteiger partial charge in [0.15, 0.2) is 0 Å². The van der Waals surface area contributed by atoms with Gasteiger partial charge >= 0.3 is 5.97 Å². The summed E-state index contributed by atoms with van der Waals surface area (Å²) in [6, 6.07) is 0. The molecule has 0 spiro atoms. The fraction of sp³-hybridized carbons (Fsp3) is 0.846. The molecule has 0 aromatic heterocycles. The lowest BCUT2D eigenvalue weighted by molar-refractivity contribution is -0.147. The predicted molar refractivity (Wildman–Crippen MR) is 68.9 cm³/mol. The van der Waals surface area contributed by atoms with Crippen LogP contribution in [0, 0.1) is 0 Å². The van der Waals surface area contributed by atoms with Crippen LogP contribution in [0.25, 0.3) is 0 Å². The molecule has 0 bridgehead atoms. The van der Waals surface area contributed by atoms with Crippen molar-refractivity contribution in [1.82, 2.24) is 4.90 Å². The van der Waals surface area contributed by atoms with E-state index in [2.05, 4.69) is 0 Å². The minimum atomic E-state index is -0.952. The van der Waals surface area contributed by atoms with Crippen LogP contribution in [-0.2, 0) is 19.1 Å². The number of carboxylic acid groups (broad SMARTS) is 1. The summed E-state index contributed by atoms with van der Waals surface area (Å²) in [4.78, 5) is 24.0. The number of hydrogen-bond donors (Lipinski definition) is 1. The summed E-state index contributed by atoms with van der Waals surface area (Å²) in [7, 11) is 0. The lowest BCUT2D eigenvalue weighted by Gasteiger charge is -2.31. The number of carbonyl (C=O) groups excluding carboxylic acids is 1. The standard InChI is InChI=1S/C13H23NO5/c1-2-8-18-9-5-12(15)14-6-3-11(4-7-14)19-10-13(16)17/h11H,2-10H2,1H3,(H,16,17). The number of hydrogen-bond acceptors (Lipinski definition) is 4. The zero-order chi connectivity index (χ0) is 14.1. The van der Waals surface area contributed by atoms with Gasteiger partial charge in [-0.05, 0) is 19.3 Å². The van der Waals surface area contributed by atoms with Crippen LogP contribution < -0.4 is 0 Å². The van der Waals surface area contributed by atoms with Gasteiger partial charge in [0, 0.05) is 19.7 Å². The third-order valence-electron chi connectivity index (χ3n) is 3.05. The minimum Gasteiger partial charge on any atom is -0.480 e. The van der Waals surface area contributed by atoms with Gasteiger partial charge in [0.25, 0.3) is 0 Å². The highest BCUT2D eigenvalue weighted by Gasteiger charge is 2.23. The number of carboxylic acids is 1. The molecule has 110 valence electrons. The van der Waals surface area contributed by atoms with Gasteiger partial charge < -0.3 is 19.5 Å². The molecule has 0 unspecified atom stereocenters. The van der Waals surface area contributed by atoms with E-state index in [0.29, 0.717) is 45.6 Å². The first-order valence-electron chi connectivity index (χ1n) is 6.82. The van der Waals surface area contributed by atoms with Crippen LogP contribution in [-0.4, -0.2) is 60.9 Å². The molecule has 1 amide bonds. The van der Waals surface area contributed by atoms with E-state index in [0.717, 1.165) is 6.42 Å². The Labute approximate surface area is 113 Å². The van der Waals surface area contributed by atoms with Gasteiger partial charge in [-0.25, -0.2) is 4.79 Å². The molecule has 0 aliphatic carbocycles. The number of aliphatic carboxylic acids is 1. The average molecular weight is 273 g/mol. The highest BCUT2D eigenvalue weighted by atomic mass is 16.5. The summed E-state index contributed by atoms with van der Waals surface area (Å²) >= 11 is 0. The summed E-state index contributed by atoms with van der Waals surface area (Å²) in [5.41, 5.74) is 0. The number of nitrogens with zero attached hydrogens (tertiary/aromatic N) is 1. The van der Waals surface area contributed by atoms with Gasteiger partial charge in [0.1, 0.15) is 6.61 Å². The highest BCUT2D eigenvalue weighted by Crippen LogP contribution is 2.14. The molecule has 1 saturated heterocycles. The lowest BCUT2D eigenvalue weighted by Crippen LogP contribution is -2.41. The van der Waals surface area contributed by atoms with Gasteiger partial charge in [-0.3, -0.25) is 4.79 Å². The smallest absolute Gasteiger partial charge is 0.329 e. The summed E-state index contributed by atoms with van der Waals surface area (Å²) in [5.74, 6) is -0.848. The van der Waals surface area contributed by atoms with Crippen LogP contribution >= 0.6 is 0 Å². The molecule has 0 radical (unpaired) electrons. The second-order valence-corrected chi connectivity index (χ2v) is 4.65. The van der Waals surface area contributed by atoms with E-state index >= 15 is 0 Å². The van der Waals surface area contributed by atoms with Crippen molar-refractivity contribution in [3.63, 3.8) is 0 Å². The minimum absolute atomic E-state index is 0.0449. The van der Waals surface area contributed by atoms with Crippen molar-refractivity contribution < 1.29 is 24.2 Å². The van der Waals surface area contributed by atoms with Crippen LogP contribution in [0.2, 0.25) is 0 Å². The van der Waals surface area contributed by atoms with E-state index in [4.69, 9.17) is 14.6 Å². The average Bonchev–Trinajstić information content (AvgIpc) is 2.41. The van der Waals surface area contributed by atoms with Gasteiger partial charge in [0.05, 0.1) is 19.1 Å². The lowest BCUT2D eigenvalue weighted by atomic mass is 10.1. The van der Waals surface area contributed by atoms with Gasteiger partial charge in [-0.15, -0.1) is 0 Å². The van der Waals surface area contributed by atoms with Crippen LogP contribution in [0.4, 0.5) is 0 Å². The quantitative estimate of drug-likeness (QED) is 0.665. The van der Waals surface area contributed by atoms with E-state index in [9.17, 15) is 9.59 Å². The van der Waals surface area contributed by atoms with E-state index in [1.165, 1.54) is 0 Å². The largest absolute Gasteiger partial charge is 0.480 e.